The third kappa shape index (κ3) is 1.71. The standard InChI is InChI=1S/C10H8FN5O2/c11-8-4-3-7(16(17)18)5-9(8)15-10(6-1-2-6)12-13-14-15/h3-6H,1-2H2. The Morgan fingerprint density at radius 3 is 2.89 bits per heavy atom. The molecule has 92 valence electrons. The van der Waals surface area contributed by atoms with Gasteiger partial charge in [0.1, 0.15) is 11.5 Å². The van der Waals surface area contributed by atoms with E-state index >= 15 is 0 Å². The fraction of sp³-hybridized carbons (Fsp3) is 0.300. The predicted molar refractivity (Wildman–Crippen MR) is 57.7 cm³/mol. The molecule has 0 amide bonds. The molecule has 1 aliphatic carbocycles. The van der Waals surface area contributed by atoms with E-state index in [1.165, 1.54) is 4.68 Å². The molecule has 0 aliphatic heterocycles. The average molecular weight is 249 g/mol. The van der Waals surface area contributed by atoms with Gasteiger partial charge in [0.25, 0.3) is 5.69 Å². The van der Waals surface area contributed by atoms with E-state index in [0.29, 0.717) is 5.82 Å². The molecule has 0 spiro atoms. The van der Waals surface area contributed by atoms with Gasteiger partial charge in [-0.3, -0.25) is 10.1 Å². The number of halogens is 1. The number of nitro benzene ring substituents is 1. The van der Waals surface area contributed by atoms with Crippen LogP contribution in [0.3, 0.4) is 0 Å². The van der Waals surface area contributed by atoms with Crippen LogP contribution in [0, 0.1) is 15.9 Å². The van der Waals surface area contributed by atoms with Crippen LogP contribution in [0.4, 0.5) is 10.1 Å². The Hall–Kier alpha value is -2.38. The summed E-state index contributed by atoms with van der Waals surface area (Å²) in [7, 11) is 0. The number of tetrazole rings is 1. The van der Waals surface area contributed by atoms with E-state index in [9.17, 15) is 14.5 Å². The van der Waals surface area contributed by atoms with Gasteiger partial charge >= 0.3 is 0 Å². The van der Waals surface area contributed by atoms with Crippen molar-refractivity contribution in [3.63, 3.8) is 0 Å². The zero-order chi connectivity index (χ0) is 12.7. The molecule has 1 aromatic heterocycles. The first-order valence-corrected chi connectivity index (χ1v) is 5.39. The number of hydrogen-bond donors (Lipinski definition) is 0. The number of non-ortho nitro benzene ring substituents is 1. The van der Waals surface area contributed by atoms with Crippen molar-refractivity contribution >= 4 is 5.69 Å². The van der Waals surface area contributed by atoms with Crippen molar-refractivity contribution in [3.05, 3.63) is 40.0 Å². The van der Waals surface area contributed by atoms with Crippen molar-refractivity contribution in [2.75, 3.05) is 0 Å². The lowest BCUT2D eigenvalue weighted by Gasteiger charge is -2.04. The zero-order valence-electron chi connectivity index (χ0n) is 9.15. The monoisotopic (exact) mass is 249 g/mol. The van der Waals surface area contributed by atoms with Gasteiger partial charge < -0.3 is 0 Å². The Bertz CT molecular complexity index is 622. The van der Waals surface area contributed by atoms with Crippen LogP contribution in [0.5, 0.6) is 0 Å². The molecule has 1 saturated carbocycles. The first-order chi connectivity index (χ1) is 8.66. The highest BCUT2D eigenvalue weighted by atomic mass is 19.1. The van der Waals surface area contributed by atoms with Gasteiger partial charge in [0.15, 0.2) is 5.82 Å². The molecule has 7 nitrogen and oxygen atoms in total. The third-order valence-electron chi connectivity index (χ3n) is 2.80. The van der Waals surface area contributed by atoms with E-state index < -0.39 is 10.7 Å². The molecule has 0 atom stereocenters. The Balaban J connectivity index is 2.12. The summed E-state index contributed by atoms with van der Waals surface area (Å²) >= 11 is 0. The van der Waals surface area contributed by atoms with E-state index in [-0.39, 0.29) is 17.3 Å². The summed E-state index contributed by atoms with van der Waals surface area (Å²) < 4.78 is 15.0. The van der Waals surface area contributed by atoms with Crippen molar-refractivity contribution < 1.29 is 9.31 Å². The van der Waals surface area contributed by atoms with Crippen molar-refractivity contribution in [2.24, 2.45) is 0 Å². The van der Waals surface area contributed by atoms with Crippen LogP contribution in [0.25, 0.3) is 5.69 Å². The molecule has 1 aromatic carbocycles. The van der Waals surface area contributed by atoms with Gasteiger partial charge in [-0.05, 0) is 29.3 Å². The summed E-state index contributed by atoms with van der Waals surface area (Å²) in [5, 5.41) is 21.7. The number of nitrogens with zero attached hydrogens (tertiary/aromatic N) is 5. The number of nitro groups is 1. The minimum atomic E-state index is -0.588. The van der Waals surface area contributed by atoms with Crippen LogP contribution in [-0.2, 0) is 0 Å². The summed E-state index contributed by atoms with van der Waals surface area (Å²) in [6, 6.07) is 3.30. The quantitative estimate of drug-likeness (QED) is 0.608. The summed E-state index contributed by atoms with van der Waals surface area (Å²) in [6.45, 7) is 0. The molecule has 1 fully saturated rings. The van der Waals surface area contributed by atoms with Crippen LogP contribution >= 0.6 is 0 Å². The lowest BCUT2D eigenvalue weighted by atomic mass is 10.2. The number of aromatic nitrogens is 4. The molecule has 0 N–H and O–H groups in total. The maximum absolute atomic E-state index is 13.7. The predicted octanol–water partition coefficient (Wildman–Crippen LogP) is 1.59. The highest BCUT2D eigenvalue weighted by Crippen LogP contribution is 2.39. The van der Waals surface area contributed by atoms with Crippen LogP contribution in [0.15, 0.2) is 18.2 Å². The van der Waals surface area contributed by atoms with E-state index in [4.69, 9.17) is 0 Å². The molecule has 0 saturated heterocycles. The minimum Gasteiger partial charge on any atom is -0.258 e. The second kappa shape index (κ2) is 3.83. The first kappa shape index (κ1) is 10.8. The zero-order valence-corrected chi connectivity index (χ0v) is 9.15. The highest BCUT2D eigenvalue weighted by molar-refractivity contribution is 5.44. The lowest BCUT2D eigenvalue weighted by Crippen LogP contribution is -2.05. The van der Waals surface area contributed by atoms with Gasteiger partial charge in [0.05, 0.1) is 4.92 Å². The minimum absolute atomic E-state index is 0.0103. The number of rotatable bonds is 3. The van der Waals surface area contributed by atoms with Crippen LogP contribution in [-0.4, -0.2) is 25.1 Å². The number of benzene rings is 1. The topological polar surface area (TPSA) is 86.7 Å². The molecule has 18 heavy (non-hydrogen) atoms. The molecule has 0 unspecified atom stereocenters. The molecule has 1 heterocycles. The lowest BCUT2D eigenvalue weighted by molar-refractivity contribution is -0.384. The van der Waals surface area contributed by atoms with Crippen LogP contribution < -0.4 is 0 Å². The molecular weight excluding hydrogens is 241 g/mol. The van der Waals surface area contributed by atoms with E-state index in [1.54, 1.807) is 0 Å². The maximum Gasteiger partial charge on any atom is 0.271 e. The third-order valence-corrected chi connectivity index (χ3v) is 2.80. The molecule has 8 heteroatoms. The summed E-state index contributed by atoms with van der Waals surface area (Å²) in [5.74, 6) is 0.183. The van der Waals surface area contributed by atoms with Crippen molar-refractivity contribution in [2.45, 2.75) is 18.8 Å². The van der Waals surface area contributed by atoms with Gasteiger partial charge in [-0.1, -0.05) is 0 Å². The maximum atomic E-state index is 13.7. The fourth-order valence-electron chi connectivity index (χ4n) is 1.74. The van der Waals surface area contributed by atoms with Gasteiger partial charge in [0, 0.05) is 18.1 Å². The SMILES string of the molecule is O=[N+]([O-])c1ccc(F)c(-n2nnnc2C2CC2)c1. The molecule has 0 bridgehead atoms. The van der Waals surface area contributed by atoms with Crippen LogP contribution in [0.1, 0.15) is 24.6 Å². The molecule has 1 aliphatic rings. The smallest absolute Gasteiger partial charge is 0.258 e. The van der Waals surface area contributed by atoms with Crippen molar-refractivity contribution in [1.29, 1.82) is 0 Å². The molecular formula is C10H8FN5O2. The van der Waals surface area contributed by atoms with Gasteiger partial charge in [-0.25, -0.2) is 4.39 Å². The molecule has 2 aromatic rings. The summed E-state index contributed by atoms with van der Waals surface area (Å²) in [5.41, 5.74) is -0.181. The summed E-state index contributed by atoms with van der Waals surface area (Å²) in [4.78, 5) is 10.1. The van der Waals surface area contributed by atoms with E-state index in [0.717, 1.165) is 31.0 Å². The van der Waals surface area contributed by atoms with Crippen LogP contribution in [0.2, 0.25) is 0 Å². The second-order valence-electron chi connectivity index (χ2n) is 4.12. The van der Waals surface area contributed by atoms with E-state index in [2.05, 4.69) is 15.5 Å². The Morgan fingerprint density at radius 1 is 1.44 bits per heavy atom. The van der Waals surface area contributed by atoms with Crippen molar-refractivity contribution in [3.8, 4) is 5.69 Å². The number of hydrogen-bond acceptors (Lipinski definition) is 5. The van der Waals surface area contributed by atoms with Gasteiger partial charge in [-0.15, -0.1) is 5.10 Å². The van der Waals surface area contributed by atoms with Gasteiger partial charge in [-0.2, -0.15) is 4.68 Å². The Morgan fingerprint density at radius 2 is 2.22 bits per heavy atom. The normalized spacial score (nSPS) is 14.7. The van der Waals surface area contributed by atoms with Gasteiger partial charge in [0.2, 0.25) is 0 Å². The first-order valence-electron chi connectivity index (χ1n) is 5.39. The fourth-order valence-corrected chi connectivity index (χ4v) is 1.74. The van der Waals surface area contributed by atoms with E-state index in [1.807, 2.05) is 0 Å². The highest BCUT2D eigenvalue weighted by Gasteiger charge is 2.31. The average Bonchev–Trinajstić information content (AvgIpc) is 3.08. The Kier molecular flexibility index (Phi) is 2.29. The largest absolute Gasteiger partial charge is 0.271 e. The molecule has 0 radical (unpaired) electrons. The second-order valence-corrected chi connectivity index (χ2v) is 4.12. The van der Waals surface area contributed by atoms with Crippen molar-refractivity contribution in [1.82, 2.24) is 20.2 Å². The Labute approximate surface area is 100 Å². The summed E-state index contributed by atoms with van der Waals surface area (Å²) in [6.07, 6.45) is 1.91. The molecule has 3 rings (SSSR count).